The van der Waals surface area contributed by atoms with E-state index in [1.54, 1.807) is 11.3 Å². The predicted octanol–water partition coefficient (Wildman–Crippen LogP) is 3.15. The molecule has 1 rings (SSSR count). The summed E-state index contributed by atoms with van der Waals surface area (Å²) in [5, 5.41) is 8.44. The normalized spacial score (nSPS) is 11.5. The van der Waals surface area contributed by atoms with Crippen molar-refractivity contribution in [3.63, 3.8) is 0 Å². The second kappa shape index (κ2) is 5.61. The molecule has 2 nitrogen and oxygen atoms in total. The quantitative estimate of drug-likeness (QED) is 0.905. The van der Waals surface area contributed by atoms with Gasteiger partial charge in [-0.2, -0.15) is 5.26 Å². The van der Waals surface area contributed by atoms with Gasteiger partial charge < -0.3 is 5.73 Å². The molecule has 0 fully saturated rings. The minimum atomic E-state index is -0.134. The van der Waals surface area contributed by atoms with Crippen LogP contribution >= 0.6 is 39.7 Å². The Bertz CT molecular complexity index is 299. The van der Waals surface area contributed by atoms with E-state index in [1.165, 1.54) is 5.56 Å². The Kier molecular flexibility index (Phi) is 5.57. The fourth-order valence-electron chi connectivity index (χ4n) is 0.865. The summed E-state index contributed by atoms with van der Waals surface area (Å²) < 4.78 is 1.10. The van der Waals surface area contributed by atoms with Gasteiger partial charge in [-0.05, 0) is 34.5 Å². The first-order valence-corrected chi connectivity index (χ1v) is 5.14. The lowest BCUT2D eigenvalue weighted by atomic mass is 10.2. The molecular weight excluding hydrogens is 272 g/mol. The lowest BCUT2D eigenvalue weighted by Crippen LogP contribution is -2.06. The number of hydrogen-bond donors (Lipinski definition) is 1. The standard InChI is InChI=1S/C8H9BrN2S.ClH/c1-5-4-7(12-8(5)9)6(11)2-3-10;/h4,6H,2,11H2,1H3;1H/t6-;/m0./s1. The molecule has 2 N–H and O–H groups in total. The molecule has 5 heteroatoms. The summed E-state index contributed by atoms with van der Waals surface area (Å²) in [5.41, 5.74) is 6.94. The van der Waals surface area contributed by atoms with Crippen LogP contribution in [0.4, 0.5) is 0 Å². The molecule has 1 aromatic heterocycles. The second-order valence-electron chi connectivity index (χ2n) is 2.57. The zero-order valence-electron chi connectivity index (χ0n) is 7.08. The number of thiophene rings is 1. The highest BCUT2D eigenvalue weighted by Gasteiger charge is 2.09. The fraction of sp³-hybridized carbons (Fsp3) is 0.375. The monoisotopic (exact) mass is 280 g/mol. The summed E-state index contributed by atoms with van der Waals surface area (Å²) >= 11 is 5.02. The Balaban J connectivity index is 0.00000144. The molecule has 1 heterocycles. The Hall–Kier alpha value is -0.0800. The average molecular weight is 282 g/mol. The van der Waals surface area contributed by atoms with Gasteiger partial charge >= 0.3 is 0 Å². The summed E-state index contributed by atoms with van der Waals surface area (Å²) in [7, 11) is 0. The van der Waals surface area contributed by atoms with Crippen molar-refractivity contribution in [3.8, 4) is 6.07 Å². The third-order valence-electron chi connectivity index (χ3n) is 1.55. The molecule has 0 aliphatic carbocycles. The number of nitrogens with two attached hydrogens (primary N) is 1. The largest absolute Gasteiger partial charge is 0.322 e. The van der Waals surface area contributed by atoms with Gasteiger partial charge in [0.15, 0.2) is 0 Å². The van der Waals surface area contributed by atoms with Crippen molar-refractivity contribution < 1.29 is 0 Å². The molecular formula is C8H10BrClN2S. The van der Waals surface area contributed by atoms with Crippen molar-refractivity contribution >= 4 is 39.7 Å². The summed E-state index contributed by atoms with van der Waals surface area (Å²) in [4.78, 5) is 1.07. The van der Waals surface area contributed by atoms with Crippen LogP contribution < -0.4 is 5.73 Å². The highest BCUT2D eigenvalue weighted by atomic mass is 79.9. The van der Waals surface area contributed by atoms with E-state index in [9.17, 15) is 0 Å². The Morgan fingerprint density at radius 3 is 2.77 bits per heavy atom. The molecule has 0 saturated carbocycles. The van der Waals surface area contributed by atoms with Crippen LogP contribution in [-0.2, 0) is 0 Å². The van der Waals surface area contributed by atoms with Crippen LogP contribution in [0, 0.1) is 18.3 Å². The van der Waals surface area contributed by atoms with Crippen LogP contribution in [0.25, 0.3) is 0 Å². The molecule has 13 heavy (non-hydrogen) atoms. The molecule has 1 atom stereocenters. The maximum absolute atomic E-state index is 8.44. The first-order chi connectivity index (χ1) is 5.65. The third-order valence-corrected chi connectivity index (χ3v) is 3.82. The summed E-state index contributed by atoms with van der Waals surface area (Å²) in [6.45, 7) is 2.02. The van der Waals surface area contributed by atoms with Gasteiger partial charge in [-0.15, -0.1) is 23.7 Å². The van der Waals surface area contributed by atoms with Gasteiger partial charge in [-0.1, -0.05) is 0 Å². The topological polar surface area (TPSA) is 49.8 Å². The summed E-state index contributed by atoms with van der Waals surface area (Å²) in [5.74, 6) is 0. The summed E-state index contributed by atoms with van der Waals surface area (Å²) in [6.07, 6.45) is 0.381. The molecule has 0 aliphatic rings. The second-order valence-corrected chi connectivity index (χ2v) is 4.98. The van der Waals surface area contributed by atoms with E-state index in [1.807, 2.05) is 13.0 Å². The van der Waals surface area contributed by atoms with Crippen molar-refractivity contribution in [3.05, 3.63) is 20.3 Å². The number of nitrogens with zero attached hydrogens (tertiary/aromatic N) is 1. The Morgan fingerprint density at radius 1 is 1.77 bits per heavy atom. The van der Waals surface area contributed by atoms with E-state index < -0.39 is 0 Å². The van der Waals surface area contributed by atoms with E-state index in [-0.39, 0.29) is 18.4 Å². The molecule has 0 radical (unpaired) electrons. The Morgan fingerprint density at radius 2 is 2.38 bits per heavy atom. The molecule has 0 unspecified atom stereocenters. The molecule has 72 valence electrons. The van der Waals surface area contributed by atoms with Crippen molar-refractivity contribution in [1.29, 1.82) is 5.26 Å². The van der Waals surface area contributed by atoms with Gasteiger partial charge in [-0.3, -0.25) is 0 Å². The first kappa shape index (κ1) is 12.9. The van der Waals surface area contributed by atoms with Crippen LogP contribution in [0.3, 0.4) is 0 Å². The Labute approximate surface area is 96.3 Å². The summed E-state index contributed by atoms with van der Waals surface area (Å²) in [6, 6.07) is 3.95. The van der Waals surface area contributed by atoms with Crippen molar-refractivity contribution in [2.75, 3.05) is 0 Å². The zero-order valence-corrected chi connectivity index (χ0v) is 10.3. The van der Waals surface area contributed by atoms with Crippen molar-refractivity contribution in [2.45, 2.75) is 19.4 Å². The van der Waals surface area contributed by atoms with E-state index >= 15 is 0 Å². The van der Waals surface area contributed by atoms with Crippen LogP contribution in [0.5, 0.6) is 0 Å². The van der Waals surface area contributed by atoms with Crippen molar-refractivity contribution in [1.82, 2.24) is 0 Å². The SMILES string of the molecule is Cc1cc([C@@H](N)CC#N)sc1Br.Cl. The third kappa shape index (κ3) is 3.28. The van der Waals surface area contributed by atoms with Gasteiger partial charge in [0.1, 0.15) is 0 Å². The maximum atomic E-state index is 8.44. The van der Waals surface area contributed by atoms with Crippen LogP contribution in [-0.4, -0.2) is 0 Å². The lowest BCUT2D eigenvalue weighted by molar-refractivity contribution is 0.764. The zero-order chi connectivity index (χ0) is 9.14. The van der Waals surface area contributed by atoms with Crippen LogP contribution in [0.2, 0.25) is 0 Å². The van der Waals surface area contributed by atoms with Gasteiger partial charge in [0, 0.05) is 4.88 Å². The fourth-order valence-corrected chi connectivity index (χ4v) is 2.44. The van der Waals surface area contributed by atoms with E-state index in [0.29, 0.717) is 6.42 Å². The van der Waals surface area contributed by atoms with Gasteiger partial charge in [0.25, 0.3) is 0 Å². The average Bonchev–Trinajstić information content (AvgIpc) is 2.33. The number of aryl methyl sites for hydroxylation is 1. The lowest BCUT2D eigenvalue weighted by Gasteiger charge is -2.01. The maximum Gasteiger partial charge on any atom is 0.0731 e. The van der Waals surface area contributed by atoms with Crippen LogP contribution in [0.1, 0.15) is 22.9 Å². The minimum absolute atomic E-state index is 0. The van der Waals surface area contributed by atoms with Gasteiger partial charge in [0.2, 0.25) is 0 Å². The highest BCUT2D eigenvalue weighted by Crippen LogP contribution is 2.31. The van der Waals surface area contributed by atoms with Gasteiger partial charge in [0.05, 0.1) is 22.3 Å². The smallest absolute Gasteiger partial charge is 0.0731 e. The predicted molar refractivity (Wildman–Crippen MR) is 61.2 cm³/mol. The van der Waals surface area contributed by atoms with Crippen molar-refractivity contribution in [2.24, 2.45) is 5.73 Å². The van der Waals surface area contributed by atoms with E-state index in [2.05, 4.69) is 22.0 Å². The van der Waals surface area contributed by atoms with E-state index in [0.717, 1.165) is 8.66 Å². The molecule has 0 bridgehead atoms. The highest BCUT2D eigenvalue weighted by molar-refractivity contribution is 9.11. The first-order valence-electron chi connectivity index (χ1n) is 3.53. The van der Waals surface area contributed by atoms with Crippen LogP contribution in [0.15, 0.2) is 9.85 Å². The van der Waals surface area contributed by atoms with Gasteiger partial charge in [-0.25, -0.2) is 0 Å². The molecule has 0 aromatic carbocycles. The number of hydrogen-bond acceptors (Lipinski definition) is 3. The molecule has 1 aromatic rings. The molecule has 0 saturated heterocycles. The molecule has 0 spiro atoms. The number of rotatable bonds is 2. The molecule has 0 amide bonds. The van der Waals surface area contributed by atoms with E-state index in [4.69, 9.17) is 11.0 Å². The molecule has 0 aliphatic heterocycles. The number of halogens is 2. The number of nitriles is 1. The minimum Gasteiger partial charge on any atom is -0.322 e.